The molecule has 0 unspecified atom stereocenters. The summed E-state index contributed by atoms with van der Waals surface area (Å²) >= 11 is 1.42. The second kappa shape index (κ2) is 10.8. The average molecular weight is 408 g/mol. The average Bonchev–Trinajstić information content (AvgIpc) is 3.08. The molecule has 0 aromatic carbocycles. The molecule has 1 aliphatic carbocycles. The molecule has 0 radical (unpaired) electrons. The lowest BCUT2D eigenvalue weighted by Crippen LogP contribution is -3.06. The molecule has 1 atom stereocenters. The van der Waals surface area contributed by atoms with Crippen LogP contribution in [0.25, 0.3) is 0 Å². The Morgan fingerprint density at radius 1 is 1.32 bits per heavy atom. The van der Waals surface area contributed by atoms with Gasteiger partial charge in [-0.05, 0) is 19.3 Å². The predicted octanol–water partition coefficient (Wildman–Crippen LogP) is 2.11. The van der Waals surface area contributed by atoms with E-state index in [2.05, 4.69) is 54.1 Å². The van der Waals surface area contributed by atoms with E-state index in [1.807, 2.05) is 0 Å². The molecular formula is C20H35N6OS+. The van der Waals surface area contributed by atoms with Crippen molar-refractivity contribution in [1.29, 1.82) is 5.26 Å². The molecule has 1 aromatic heterocycles. The van der Waals surface area contributed by atoms with Gasteiger partial charge in [0, 0.05) is 13.0 Å². The van der Waals surface area contributed by atoms with Crippen molar-refractivity contribution >= 4 is 17.7 Å². The summed E-state index contributed by atoms with van der Waals surface area (Å²) in [7, 11) is 4.28. The molecule has 0 aliphatic heterocycles. The van der Waals surface area contributed by atoms with Crippen LogP contribution in [-0.4, -0.2) is 46.1 Å². The Morgan fingerprint density at radius 3 is 2.61 bits per heavy atom. The highest BCUT2D eigenvalue weighted by Gasteiger charge is 2.33. The molecule has 0 spiro atoms. The minimum atomic E-state index is -0.682. The van der Waals surface area contributed by atoms with Gasteiger partial charge in [0.2, 0.25) is 5.91 Å². The molecule has 1 amide bonds. The number of nitrogens with zero attached hydrogens (tertiary/aromatic N) is 4. The molecule has 2 rings (SSSR count). The van der Waals surface area contributed by atoms with E-state index < -0.39 is 5.54 Å². The number of aromatic nitrogens is 3. The first-order valence-electron chi connectivity index (χ1n) is 10.5. The van der Waals surface area contributed by atoms with Gasteiger partial charge >= 0.3 is 0 Å². The van der Waals surface area contributed by atoms with Gasteiger partial charge in [-0.25, -0.2) is 0 Å². The maximum Gasteiger partial charge on any atom is 0.231 e. The van der Waals surface area contributed by atoms with Crippen molar-refractivity contribution in [2.45, 2.75) is 88.5 Å². The van der Waals surface area contributed by atoms with Crippen molar-refractivity contribution in [2.24, 2.45) is 0 Å². The van der Waals surface area contributed by atoms with Crippen molar-refractivity contribution in [3.63, 3.8) is 0 Å². The molecule has 156 valence electrons. The van der Waals surface area contributed by atoms with Crippen LogP contribution in [0.1, 0.15) is 77.1 Å². The monoisotopic (exact) mass is 407 g/mol. The molecule has 0 saturated heterocycles. The molecule has 7 nitrogen and oxygen atoms in total. The third kappa shape index (κ3) is 5.71. The minimum absolute atomic E-state index is 0.0923. The van der Waals surface area contributed by atoms with E-state index in [0.29, 0.717) is 0 Å². The van der Waals surface area contributed by atoms with E-state index in [-0.39, 0.29) is 17.7 Å². The maximum atomic E-state index is 12.5. The molecule has 1 aliphatic rings. The van der Waals surface area contributed by atoms with E-state index >= 15 is 0 Å². The summed E-state index contributed by atoms with van der Waals surface area (Å²) < 4.78 is 2.18. The van der Waals surface area contributed by atoms with Crippen molar-refractivity contribution in [3.8, 4) is 6.07 Å². The summed E-state index contributed by atoms with van der Waals surface area (Å²) in [5.74, 6) is 1.17. The quantitative estimate of drug-likeness (QED) is 0.580. The van der Waals surface area contributed by atoms with Crippen molar-refractivity contribution in [1.82, 2.24) is 20.1 Å². The van der Waals surface area contributed by atoms with Gasteiger partial charge in [-0.3, -0.25) is 4.79 Å². The maximum absolute atomic E-state index is 12.5. The third-order valence-electron chi connectivity index (χ3n) is 5.53. The first-order valence-corrected chi connectivity index (χ1v) is 11.5. The van der Waals surface area contributed by atoms with Crippen molar-refractivity contribution in [2.75, 3.05) is 19.8 Å². The van der Waals surface area contributed by atoms with Gasteiger partial charge in [0.1, 0.15) is 11.6 Å². The van der Waals surface area contributed by atoms with E-state index in [1.54, 1.807) is 0 Å². The van der Waals surface area contributed by atoms with E-state index in [9.17, 15) is 10.1 Å². The third-order valence-corrected chi connectivity index (χ3v) is 6.50. The lowest BCUT2D eigenvalue weighted by molar-refractivity contribution is -0.893. The van der Waals surface area contributed by atoms with Crippen LogP contribution in [0.5, 0.6) is 0 Å². The van der Waals surface area contributed by atoms with Gasteiger partial charge in [0.15, 0.2) is 11.0 Å². The number of hydrogen-bond donors (Lipinski definition) is 2. The van der Waals surface area contributed by atoms with Crippen LogP contribution in [0, 0.1) is 11.3 Å². The number of amides is 1. The van der Waals surface area contributed by atoms with Crippen molar-refractivity contribution in [3.05, 3.63) is 5.82 Å². The molecule has 1 fully saturated rings. The smallest absolute Gasteiger partial charge is 0.231 e. The Balaban J connectivity index is 2.07. The van der Waals surface area contributed by atoms with Crippen LogP contribution in [0.3, 0.4) is 0 Å². The summed E-state index contributed by atoms with van der Waals surface area (Å²) in [6.07, 6.45) is 7.79. The number of quaternary nitrogens is 1. The Kier molecular flexibility index (Phi) is 8.77. The zero-order chi connectivity index (χ0) is 20.6. The van der Waals surface area contributed by atoms with Crippen LogP contribution in [0.2, 0.25) is 0 Å². The predicted molar refractivity (Wildman–Crippen MR) is 111 cm³/mol. The topological polar surface area (TPSA) is 88.0 Å². The summed E-state index contributed by atoms with van der Waals surface area (Å²) in [4.78, 5) is 13.9. The summed E-state index contributed by atoms with van der Waals surface area (Å²) in [5.41, 5.74) is -0.682. The first kappa shape index (κ1) is 22.7. The van der Waals surface area contributed by atoms with Crippen molar-refractivity contribution < 1.29 is 9.69 Å². The number of unbranched alkanes of at least 4 members (excludes halogenated alkanes) is 1. The number of nitriles is 1. The number of nitrogens with one attached hydrogen (secondary N) is 2. The van der Waals surface area contributed by atoms with E-state index in [4.69, 9.17) is 0 Å². The normalized spacial score (nSPS) is 17.3. The number of hydrogen-bond acceptors (Lipinski definition) is 5. The van der Waals surface area contributed by atoms with Gasteiger partial charge in [0.05, 0.1) is 25.9 Å². The Labute approximate surface area is 173 Å². The van der Waals surface area contributed by atoms with Crippen LogP contribution in [0.15, 0.2) is 5.16 Å². The zero-order valence-electron chi connectivity index (χ0n) is 17.8. The van der Waals surface area contributed by atoms with Crippen LogP contribution in [-0.2, 0) is 11.3 Å². The zero-order valence-corrected chi connectivity index (χ0v) is 18.6. The van der Waals surface area contributed by atoms with Gasteiger partial charge in [-0.15, -0.1) is 10.2 Å². The fourth-order valence-electron chi connectivity index (χ4n) is 3.89. The lowest BCUT2D eigenvalue weighted by atomic mass is 9.83. The van der Waals surface area contributed by atoms with E-state index in [0.717, 1.165) is 68.9 Å². The second-order valence-electron chi connectivity index (χ2n) is 7.98. The SMILES string of the molecule is CCCCn1c(SCC(=O)NC2(C#N)CCCCC2)nnc1[C@H](CC)[NH+](C)C. The van der Waals surface area contributed by atoms with Crippen LogP contribution >= 0.6 is 11.8 Å². The molecule has 8 heteroatoms. The van der Waals surface area contributed by atoms with Crippen LogP contribution < -0.4 is 10.2 Å². The number of carbonyl (C=O) groups is 1. The van der Waals surface area contributed by atoms with Gasteiger partial charge in [-0.2, -0.15) is 5.26 Å². The van der Waals surface area contributed by atoms with Gasteiger partial charge in [-0.1, -0.05) is 51.3 Å². The largest absolute Gasteiger partial charge is 0.337 e. The minimum Gasteiger partial charge on any atom is -0.337 e. The standard InChI is InChI=1S/C20H34N6OS/c1-5-7-13-26-18(16(6-2)25(3)4)23-24-19(26)28-14-17(27)22-20(15-21)11-9-8-10-12-20/h16H,5-14H2,1-4H3,(H,22,27)/p+1/t16-/m0/s1. The second-order valence-corrected chi connectivity index (χ2v) is 8.92. The molecule has 1 aromatic rings. The van der Waals surface area contributed by atoms with Gasteiger partial charge in [0.25, 0.3) is 0 Å². The highest BCUT2D eigenvalue weighted by Crippen LogP contribution is 2.28. The fourth-order valence-corrected chi connectivity index (χ4v) is 4.66. The molecular weight excluding hydrogens is 372 g/mol. The Morgan fingerprint density at radius 2 is 2.04 bits per heavy atom. The molecule has 1 heterocycles. The molecule has 2 N–H and O–H groups in total. The summed E-state index contributed by atoms with van der Waals surface area (Å²) in [6.45, 7) is 5.21. The van der Waals surface area contributed by atoms with Crippen LogP contribution in [0.4, 0.5) is 0 Å². The highest BCUT2D eigenvalue weighted by molar-refractivity contribution is 7.99. The Hall–Kier alpha value is -1.59. The number of carbonyl (C=O) groups excluding carboxylic acids is 1. The summed E-state index contributed by atoms with van der Waals surface area (Å²) in [5, 5.41) is 22.2. The number of rotatable bonds is 10. The molecule has 1 saturated carbocycles. The fraction of sp³-hybridized carbons (Fsp3) is 0.800. The first-order chi connectivity index (χ1) is 13.5. The van der Waals surface area contributed by atoms with Gasteiger partial charge < -0.3 is 14.8 Å². The molecule has 28 heavy (non-hydrogen) atoms. The highest BCUT2D eigenvalue weighted by atomic mass is 32.2. The number of thioether (sulfide) groups is 1. The summed E-state index contributed by atoms with van der Waals surface area (Å²) in [6, 6.07) is 2.64. The Bertz CT molecular complexity index is 675. The lowest BCUT2D eigenvalue weighted by Gasteiger charge is -2.31. The molecule has 0 bridgehead atoms. The van der Waals surface area contributed by atoms with E-state index in [1.165, 1.54) is 16.7 Å².